The van der Waals surface area contributed by atoms with E-state index in [1.54, 1.807) is 12.1 Å². The van der Waals surface area contributed by atoms with E-state index in [1.807, 2.05) is 13.0 Å². The number of carboxylic acid groups (broad SMARTS) is 1. The topological polar surface area (TPSA) is 49.3 Å². The van der Waals surface area contributed by atoms with E-state index in [2.05, 4.69) is 5.32 Å². The lowest BCUT2D eigenvalue weighted by molar-refractivity contribution is 0.209. The Hall–Kier alpha value is -1.22. The van der Waals surface area contributed by atoms with Crippen molar-refractivity contribution in [2.24, 2.45) is 0 Å². The van der Waals surface area contributed by atoms with Crippen molar-refractivity contribution in [3.63, 3.8) is 0 Å². The van der Waals surface area contributed by atoms with Gasteiger partial charge in [0, 0.05) is 11.6 Å². The van der Waals surface area contributed by atoms with Crippen molar-refractivity contribution in [2.45, 2.75) is 12.8 Å². The molecule has 1 aromatic carbocycles. The van der Waals surface area contributed by atoms with Gasteiger partial charge in [-0.15, -0.1) is 11.6 Å². The summed E-state index contributed by atoms with van der Waals surface area (Å²) in [6, 6.07) is 5.35. The summed E-state index contributed by atoms with van der Waals surface area (Å²) in [4.78, 5) is 10.4. The summed E-state index contributed by atoms with van der Waals surface area (Å²) >= 11 is 5.67. The molecule has 1 rings (SSSR count). The lowest BCUT2D eigenvalue weighted by Gasteiger charge is -2.08. The number of carbonyl (C=O) groups is 1. The third-order valence-corrected chi connectivity index (χ3v) is 2.12. The van der Waals surface area contributed by atoms with Crippen LogP contribution in [-0.2, 0) is 5.88 Å². The molecule has 0 spiro atoms. The predicted molar refractivity (Wildman–Crippen MR) is 52.4 cm³/mol. The Morgan fingerprint density at radius 1 is 1.62 bits per heavy atom. The zero-order valence-electron chi connectivity index (χ0n) is 7.17. The SMILES string of the molecule is Cc1c(CCl)cccc1NC(=O)O. The average molecular weight is 200 g/mol. The van der Waals surface area contributed by atoms with E-state index >= 15 is 0 Å². The van der Waals surface area contributed by atoms with Gasteiger partial charge in [-0.2, -0.15) is 0 Å². The van der Waals surface area contributed by atoms with E-state index in [4.69, 9.17) is 16.7 Å². The Bertz CT molecular complexity index is 325. The minimum Gasteiger partial charge on any atom is -0.465 e. The number of halogens is 1. The molecule has 0 aliphatic rings. The summed E-state index contributed by atoms with van der Waals surface area (Å²) in [5, 5.41) is 10.8. The second kappa shape index (κ2) is 4.14. The Kier molecular flexibility index (Phi) is 3.14. The van der Waals surface area contributed by atoms with Gasteiger partial charge in [0.2, 0.25) is 0 Å². The molecule has 0 heterocycles. The maximum atomic E-state index is 10.4. The molecule has 70 valence electrons. The number of amides is 1. The van der Waals surface area contributed by atoms with Gasteiger partial charge in [0.15, 0.2) is 0 Å². The maximum absolute atomic E-state index is 10.4. The van der Waals surface area contributed by atoms with Gasteiger partial charge in [0.05, 0.1) is 0 Å². The van der Waals surface area contributed by atoms with Gasteiger partial charge in [-0.1, -0.05) is 12.1 Å². The zero-order chi connectivity index (χ0) is 9.84. The first-order valence-electron chi connectivity index (χ1n) is 3.79. The van der Waals surface area contributed by atoms with Gasteiger partial charge in [0.1, 0.15) is 0 Å². The number of hydrogen-bond donors (Lipinski definition) is 2. The molecule has 0 saturated heterocycles. The predicted octanol–water partition coefficient (Wildman–Crippen LogP) is 2.82. The summed E-state index contributed by atoms with van der Waals surface area (Å²) in [5.74, 6) is 0.390. The van der Waals surface area contributed by atoms with Crippen LogP contribution < -0.4 is 5.32 Å². The molecule has 4 heteroatoms. The van der Waals surface area contributed by atoms with E-state index in [9.17, 15) is 4.79 Å². The molecule has 0 radical (unpaired) electrons. The van der Waals surface area contributed by atoms with Gasteiger partial charge in [-0.25, -0.2) is 4.79 Å². The molecular weight excluding hydrogens is 190 g/mol. The Morgan fingerprint density at radius 3 is 2.85 bits per heavy atom. The number of benzene rings is 1. The monoisotopic (exact) mass is 199 g/mol. The molecule has 3 nitrogen and oxygen atoms in total. The lowest BCUT2D eigenvalue weighted by atomic mass is 10.1. The number of hydrogen-bond acceptors (Lipinski definition) is 1. The largest absolute Gasteiger partial charge is 0.465 e. The molecule has 0 bridgehead atoms. The Labute approximate surface area is 81.3 Å². The molecule has 0 aliphatic carbocycles. The molecule has 2 N–H and O–H groups in total. The van der Waals surface area contributed by atoms with Crippen molar-refractivity contribution < 1.29 is 9.90 Å². The average Bonchev–Trinajstić information content (AvgIpc) is 2.08. The number of rotatable bonds is 2. The number of anilines is 1. The van der Waals surface area contributed by atoms with Crippen LogP contribution in [0.1, 0.15) is 11.1 Å². The lowest BCUT2D eigenvalue weighted by Crippen LogP contribution is -2.08. The zero-order valence-corrected chi connectivity index (χ0v) is 7.93. The minimum atomic E-state index is -1.06. The smallest absolute Gasteiger partial charge is 0.409 e. The molecule has 0 saturated carbocycles. The second-order valence-electron chi connectivity index (χ2n) is 2.65. The van der Waals surface area contributed by atoms with Crippen LogP contribution in [0.4, 0.5) is 10.5 Å². The Balaban J connectivity index is 3.01. The number of nitrogens with one attached hydrogen (secondary N) is 1. The fraction of sp³-hybridized carbons (Fsp3) is 0.222. The van der Waals surface area contributed by atoms with Crippen LogP contribution in [-0.4, -0.2) is 11.2 Å². The molecule has 0 aromatic heterocycles. The normalized spacial score (nSPS) is 9.69. The quantitative estimate of drug-likeness (QED) is 0.720. The fourth-order valence-electron chi connectivity index (χ4n) is 1.08. The van der Waals surface area contributed by atoms with Crippen LogP contribution in [0.3, 0.4) is 0 Å². The van der Waals surface area contributed by atoms with Crippen LogP contribution in [0.5, 0.6) is 0 Å². The minimum absolute atomic E-state index is 0.390. The van der Waals surface area contributed by atoms with Gasteiger partial charge < -0.3 is 5.11 Å². The van der Waals surface area contributed by atoms with Crippen LogP contribution >= 0.6 is 11.6 Å². The molecule has 13 heavy (non-hydrogen) atoms. The van der Waals surface area contributed by atoms with Crippen LogP contribution in [0, 0.1) is 6.92 Å². The van der Waals surface area contributed by atoms with Crippen molar-refractivity contribution in [2.75, 3.05) is 5.32 Å². The molecule has 1 aromatic rings. The first kappa shape index (κ1) is 9.86. The third-order valence-electron chi connectivity index (χ3n) is 1.83. The Morgan fingerprint density at radius 2 is 2.31 bits per heavy atom. The summed E-state index contributed by atoms with van der Waals surface area (Å²) in [7, 11) is 0. The van der Waals surface area contributed by atoms with Crippen molar-refractivity contribution in [3.05, 3.63) is 29.3 Å². The molecule has 0 atom stereocenters. The highest BCUT2D eigenvalue weighted by Gasteiger charge is 2.04. The summed E-state index contributed by atoms with van der Waals surface area (Å²) in [6.45, 7) is 1.84. The van der Waals surface area contributed by atoms with Crippen LogP contribution in [0.25, 0.3) is 0 Å². The third kappa shape index (κ3) is 2.36. The van der Waals surface area contributed by atoms with E-state index in [0.717, 1.165) is 11.1 Å². The van der Waals surface area contributed by atoms with Crippen LogP contribution in [0.2, 0.25) is 0 Å². The molecule has 0 aliphatic heterocycles. The summed E-state index contributed by atoms with van der Waals surface area (Å²) < 4.78 is 0. The highest BCUT2D eigenvalue weighted by atomic mass is 35.5. The molecule has 0 fully saturated rings. The maximum Gasteiger partial charge on any atom is 0.409 e. The van der Waals surface area contributed by atoms with Crippen molar-refractivity contribution >= 4 is 23.4 Å². The second-order valence-corrected chi connectivity index (χ2v) is 2.92. The van der Waals surface area contributed by atoms with Crippen molar-refractivity contribution in [1.29, 1.82) is 0 Å². The van der Waals surface area contributed by atoms with Crippen molar-refractivity contribution in [3.8, 4) is 0 Å². The van der Waals surface area contributed by atoms with Gasteiger partial charge >= 0.3 is 6.09 Å². The van der Waals surface area contributed by atoms with Crippen molar-refractivity contribution in [1.82, 2.24) is 0 Å². The van der Waals surface area contributed by atoms with Crippen LogP contribution in [0.15, 0.2) is 18.2 Å². The van der Waals surface area contributed by atoms with E-state index in [0.29, 0.717) is 11.6 Å². The fourth-order valence-corrected chi connectivity index (χ4v) is 1.37. The van der Waals surface area contributed by atoms with Gasteiger partial charge in [0.25, 0.3) is 0 Å². The van der Waals surface area contributed by atoms with Gasteiger partial charge in [-0.05, 0) is 24.1 Å². The molecule has 1 amide bonds. The first-order chi connectivity index (χ1) is 6.15. The van der Waals surface area contributed by atoms with E-state index in [1.165, 1.54) is 0 Å². The highest BCUT2D eigenvalue weighted by molar-refractivity contribution is 6.17. The first-order valence-corrected chi connectivity index (χ1v) is 4.33. The molecule has 0 unspecified atom stereocenters. The standard InChI is InChI=1S/C9H10ClNO2/c1-6-7(5-10)3-2-4-8(6)11-9(12)13/h2-4,11H,5H2,1H3,(H,12,13). The number of alkyl halides is 1. The van der Waals surface area contributed by atoms with E-state index in [-0.39, 0.29) is 0 Å². The summed E-state index contributed by atoms with van der Waals surface area (Å²) in [6.07, 6.45) is -1.06. The highest BCUT2D eigenvalue weighted by Crippen LogP contribution is 2.19. The van der Waals surface area contributed by atoms with E-state index < -0.39 is 6.09 Å². The summed E-state index contributed by atoms with van der Waals surface area (Å²) in [5.41, 5.74) is 2.40. The van der Waals surface area contributed by atoms with Gasteiger partial charge in [-0.3, -0.25) is 5.32 Å². The molecular formula is C9H10ClNO2.